The van der Waals surface area contributed by atoms with E-state index in [1.165, 1.54) is 5.56 Å². The lowest BCUT2D eigenvalue weighted by Crippen LogP contribution is -2.05. The van der Waals surface area contributed by atoms with E-state index in [1.807, 2.05) is 31.2 Å². The van der Waals surface area contributed by atoms with Crippen LogP contribution in [0.15, 0.2) is 24.3 Å². The molecule has 1 atom stereocenters. The molecule has 0 aliphatic rings. The molecule has 0 aliphatic carbocycles. The van der Waals surface area contributed by atoms with Gasteiger partial charge in [0.15, 0.2) is 6.79 Å². The Labute approximate surface area is 90.6 Å². The van der Waals surface area contributed by atoms with Crippen LogP contribution in [0.5, 0.6) is 5.75 Å². The summed E-state index contributed by atoms with van der Waals surface area (Å²) in [5, 5.41) is 8.96. The third-order valence-corrected chi connectivity index (χ3v) is 2.14. The van der Waals surface area contributed by atoms with Gasteiger partial charge in [0.1, 0.15) is 5.75 Å². The third kappa shape index (κ3) is 4.32. The van der Waals surface area contributed by atoms with E-state index in [1.54, 1.807) is 7.11 Å². The van der Waals surface area contributed by atoms with Gasteiger partial charge in [0.2, 0.25) is 0 Å². The van der Waals surface area contributed by atoms with E-state index in [0.29, 0.717) is 0 Å². The molecule has 0 spiro atoms. The highest BCUT2D eigenvalue weighted by atomic mass is 16.7. The Bertz CT molecular complexity index is 286. The molecule has 0 radical (unpaired) electrons. The standard InChI is InChI=1S/C12H18O3/c1-10(8-13)6-11-4-3-5-12(7-11)15-9-14-2/h3-5,7,10,13H,6,8-9H2,1-2H3. The first kappa shape index (κ1) is 12.0. The van der Waals surface area contributed by atoms with Gasteiger partial charge in [0, 0.05) is 13.7 Å². The summed E-state index contributed by atoms with van der Waals surface area (Å²) >= 11 is 0. The molecule has 0 heterocycles. The van der Waals surface area contributed by atoms with Crippen molar-refractivity contribution in [3.63, 3.8) is 0 Å². The molecule has 0 saturated heterocycles. The van der Waals surface area contributed by atoms with E-state index in [9.17, 15) is 0 Å². The second-order valence-electron chi connectivity index (χ2n) is 3.69. The summed E-state index contributed by atoms with van der Waals surface area (Å²) in [6.45, 7) is 2.49. The number of benzene rings is 1. The van der Waals surface area contributed by atoms with Gasteiger partial charge in [0.05, 0.1) is 0 Å². The predicted octanol–water partition coefficient (Wildman–Crippen LogP) is 1.84. The van der Waals surface area contributed by atoms with Crippen molar-refractivity contribution < 1.29 is 14.6 Å². The van der Waals surface area contributed by atoms with Crippen molar-refractivity contribution in [3.8, 4) is 5.75 Å². The molecule has 84 valence electrons. The Morgan fingerprint density at radius 2 is 2.20 bits per heavy atom. The smallest absolute Gasteiger partial charge is 0.188 e. The van der Waals surface area contributed by atoms with Gasteiger partial charge < -0.3 is 14.6 Å². The van der Waals surface area contributed by atoms with Crippen LogP contribution in [0.2, 0.25) is 0 Å². The fraction of sp³-hybridized carbons (Fsp3) is 0.500. The third-order valence-electron chi connectivity index (χ3n) is 2.14. The molecule has 1 aromatic rings. The fourth-order valence-electron chi connectivity index (χ4n) is 1.36. The Morgan fingerprint density at radius 1 is 1.40 bits per heavy atom. The van der Waals surface area contributed by atoms with Gasteiger partial charge in [0.25, 0.3) is 0 Å². The molecule has 1 N–H and O–H groups in total. The average molecular weight is 210 g/mol. The SMILES string of the molecule is COCOc1cccc(CC(C)CO)c1. The molecule has 0 saturated carbocycles. The van der Waals surface area contributed by atoms with Crippen LogP contribution in [0.3, 0.4) is 0 Å². The van der Waals surface area contributed by atoms with Gasteiger partial charge in [-0.05, 0) is 30.0 Å². The maximum absolute atomic E-state index is 8.96. The van der Waals surface area contributed by atoms with Crippen LogP contribution < -0.4 is 4.74 Å². The summed E-state index contributed by atoms with van der Waals surface area (Å²) in [6, 6.07) is 7.85. The van der Waals surface area contributed by atoms with E-state index < -0.39 is 0 Å². The van der Waals surface area contributed by atoms with Crippen LogP contribution in [-0.4, -0.2) is 25.6 Å². The molecule has 15 heavy (non-hydrogen) atoms. The maximum atomic E-state index is 8.96. The van der Waals surface area contributed by atoms with Gasteiger partial charge in [-0.3, -0.25) is 0 Å². The zero-order valence-corrected chi connectivity index (χ0v) is 9.27. The summed E-state index contributed by atoms with van der Waals surface area (Å²) in [5.74, 6) is 1.09. The topological polar surface area (TPSA) is 38.7 Å². The molecular weight excluding hydrogens is 192 g/mol. The second-order valence-corrected chi connectivity index (χ2v) is 3.69. The van der Waals surface area contributed by atoms with E-state index >= 15 is 0 Å². The number of hydrogen-bond donors (Lipinski definition) is 1. The van der Waals surface area contributed by atoms with Crippen molar-refractivity contribution in [3.05, 3.63) is 29.8 Å². The van der Waals surface area contributed by atoms with Crippen molar-refractivity contribution in [1.29, 1.82) is 0 Å². The van der Waals surface area contributed by atoms with Crippen LogP contribution in [0.25, 0.3) is 0 Å². The lowest BCUT2D eigenvalue weighted by molar-refractivity contribution is 0.0510. The molecule has 3 nitrogen and oxygen atoms in total. The van der Waals surface area contributed by atoms with Gasteiger partial charge in [-0.1, -0.05) is 19.1 Å². The first-order chi connectivity index (χ1) is 7.26. The van der Waals surface area contributed by atoms with Crippen LogP contribution in [0.4, 0.5) is 0 Å². The minimum Gasteiger partial charge on any atom is -0.468 e. The van der Waals surface area contributed by atoms with Crippen LogP contribution in [-0.2, 0) is 11.2 Å². The monoisotopic (exact) mass is 210 g/mol. The molecule has 0 amide bonds. The molecule has 0 fully saturated rings. The zero-order chi connectivity index (χ0) is 11.1. The van der Waals surface area contributed by atoms with Crippen molar-refractivity contribution in [1.82, 2.24) is 0 Å². The number of aliphatic hydroxyl groups excluding tert-OH is 1. The molecule has 0 bridgehead atoms. The number of methoxy groups -OCH3 is 1. The first-order valence-corrected chi connectivity index (χ1v) is 5.07. The molecule has 0 aliphatic heterocycles. The summed E-state index contributed by atoms with van der Waals surface area (Å²) in [6.07, 6.45) is 0.862. The van der Waals surface area contributed by atoms with Gasteiger partial charge in [-0.25, -0.2) is 0 Å². The van der Waals surface area contributed by atoms with Crippen molar-refractivity contribution in [2.75, 3.05) is 20.5 Å². The lowest BCUT2D eigenvalue weighted by atomic mass is 10.0. The Morgan fingerprint density at radius 3 is 2.87 bits per heavy atom. The summed E-state index contributed by atoms with van der Waals surface area (Å²) in [7, 11) is 1.59. The zero-order valence-electron chi connectivity index (χ0n) is 9.27. The summed E-state index contributed by atoms with van der Waals surface area (Å²) in [5.41, 5.74) is 1.17. The quantitative estimate of drug-likeness (QED) is 0.728. The number of hydrogen-bond acceptors (Lipinski definition) is 3. The molecule has 1 rings (SSSR count). The molecule has 0 aromatic heterocycles. The van der Waals surface area contributed by atoms with Crippen LogP contribution >= 0.6 is 0 Å². The van der Waals surface area contributed by atoms with Crippen LogP contribution in [0.1, 0.15) is 12.5 Å². The van der Waals surface area contributed by atoms with Crippen molar-refractivity contribution >= 4 is 0 Å². The maximum Gasteiger partial charge on any atom is 0.188 e. The van der Waals surface area contributed by atoms with Crippen molar-refractivity contribution in [2.24, 2.45) is 5.92 Å². The van der Waals surface area contributed by atoms with Crippen LogP contribution in [0, 0.1) is 5.92 Å². The highest BCUT2D eigenvalue weighted by molar-refractivity contribution is 5.28. The fourth-order valence-corrected chi connectivity index (χ4v) is 1.36. The van der Waals surface area contributed by atoms with E-state index in [-0.39, 0.29) is 19.3 Å². The minimum atomic E-state index is 0.211. The highest BCUT2D eigenvalue weighted by Gasteiger charge is 2.03. The molecule has 1 aromatic carbocycles. The van der Waals surface area contributed by atoms with Crippen molar-refractivity contribution in [2.45, 2.75) is 13.3 Å². The Hall–Kier alpha value is -1.06. The number of ether oxygens (including phenoxy) is 2. The minimum absolute atomic E-state index is 0.211. The van der Waals surface area contributed by atoms with Gasteiger partial charge in [-0.15, -0.1) is 0 Å². The summed E-state index contributed by atoms with van der Waals surface area (Å²) < 4.78 is 10.2. The van der Waals surface area contributed by atoms with Gasteiger partial charge in [-0.2, -0.15) is 0 Å². The average Bonchev–Trinajstić information content (AvgIpc) is 2.26. The predicted molar refractivity (Wildman–Crippen MR) is 58.9 cm³/mol. The normalized spacial score (nSPS) is 12.5. The number of aliphatic hydroxyl groups is 1. The first-order valence-electron chi connectivity index (χ1n) is 5.07. The van der Waals surface area contributed by atoms with Gasteiger partial charge >= 0.3 is 0 Å². The number of rotatable bonds is 6. The molecule has 3 heteroatoms. The van der Waals surface area contributed by atoms with E-state index in [0.717, 1.165) is 12.2 Å². The lowest BCUT2D eigenvalue weighted by Gasteiger charge is -2.09. The molecular formula is C12H18O3. The Kier molecular flexibility index (Phi) is 5.15. The Balaban J connectivity index is 2.57. The highest BCUT2D eigenvalue weighted by Crippen LogP contribution is 2.16. The second kappa shape index (κ2) is 6.43. The van der Waals surface area contributed by atoms with E-state index in [2.05, 4.69) is 0 Å². The summed E-state index contributed by atoms with van der Waals surface area (Å²) in [4.78, 5) is 0. The molecule has 1 unspecified atom stereocenters. The largest absolute Gasteiger partial charge is 0.468 e. The van der Waals surface area contributed by atoms with E-state index in [4.69, 9.17) is 14.6 Å².